The quantitative estimate of drug-likeness (QED) is 0.788. The maximum absolute atomic E-state index is 11.6. The van der Waals surface area contributed by atoms with E-state index in [-0.39, 0.29) is 11.9 Å². The van der Waals surface area contributed by atoms with E-state index < -0.39 is 0 Å². The van der Waals surface area contributed by atoms with Gasteiger partial charge in [-0.3, -0.25) is 4.79 Å². The summed E-state index contributed by atoms with van der Waals surface area (Å²) >= 11 is 4.98. The molecular formula is C13H19BrN2OS. The SMILES string of the molecule is Cc1cc(Br)ccc1SCC(=O)NCCC(C)N. The van der Waals surface area contributed by atoms with Crippen LogP contribution in [0, 0.1) is 6.92 Å². The molecule has 0 aliphatic heterocycles. The van der Waals surface area contributed by atoms with E-state index in [2.05, 4.69) is 27.3 Å². The van der Waals surface area contributed by atoms with Crippen molar-refractivity contribution in [3.05, 3.63) is 28.2 Å². The molecule has 1 unspecified atom stereocenters. The number of benzene rings is 1. The number of hydrogen-bond acceptors (Lipinski definition) is 3. The number of hydrogen-bond donors (Lipinski definition) is 2. The van der Waals surface area contributed by atoms with Crippen LogP contribution in [-0.2, 0) is 4.79 Å². The average Bonchev–Trinajstić information content (AvgIpc) is 2.27. The van der Waals surface area contributed by atoms with Gasteiger partial charge in [0.2, 0.25) is 5.91 Å². The van der Waals surface area contributed by atoms with Gasteiger partial charge in [-0.25, -0.2) is 0 Å². The van der Waals surface area contributed by atoms with Gasteiger partial charge in [0.05, 0.1) is 5.75 Å². The van der Waals surface area contributed by atoms with Crippen LogP contribution in [0.15, 0.2) is 27.6 Å². The molecule has 0 bridgehead atoms. The van der Waals surface area contributed by atoms with E-state index in [4.69, 9.17) is 5.73 Å². The summed E-state index contributed by atoms with van der Waals surface area (Å²) in [6.07, 6.45) is 0.813. The van der Waals surface area contributed by atoms with Crippen LogP contribution >= 0.6 is 27.7 Å². The molecule has 100 valence electrons. The zero-order valence-electron chi connectivity index (χ0n) is 10.7. The van der Waals surface area contributed by atoms with Crippen molar-refractivity contribution < 1.29 is 4.79 Å². The van der Waals surface area contributed by atoms with Crippen molar-refractivity contribution >= 4 is 33.6 Å². The predicted octanol–water partition coefficient (Wildman–Crippen LogP) is 2.70. The first-order valence-corrected chi connectivity index (χ1v) is 7.68. The Labute approximate surface area is 121 Å². The van der Waals surface area contributed by atoms with Crippen LogP contribution in [0.4, 0.5) is 0 Å². The van der Waals surface area contributed by atoms with Crippen LogP contribution in [0.3, 0.4) is 0 Å². The second kappa shape index (κ2) is 7.81. The molecule has 0 spiro atoms. The van der Waals surface area contributed by atoms with Crippen LogP contribution in [-0.4, -0.2) is 24.2 Å². The molecule has 0 fully saturated rings. The van der Waals surface area contributed by atoms with Gasteiger partial charge in [0.15, 0.2) is 0 Å². The van der Waals surface area contributed by atoms with Crippen LogP contribution < -0.4 is 11.1 Å². The summed E-state index contributed by atoms with van der Waals surface area (Å²) in [6, 6.07) is 6.20. The molecule has 5 heteroatoms. The minimum absolute atomic E-state index is 0.0583. The van der Waals surface area contributed by atoms with Gasteiger partial charge in [-0.15, -0.1) is 11.8 Å². The molecule has 3 nitrogen and oxygen atoms in total. The number of aryl methyl sites for hydroxylation is 1. The molecule has 18 heavy (non-hydrogen) atoms. The molecule has 0 saturated carbocycles. The lowest BCUT2D eigenvalue weighted by Crippen LogP contribution is -2.30. The second-order valence-electron chi connectivity index (χ2n) is 4.31. The van der Waals surface area contributed by atoms with Crippen molar-refractivity contribution in [1.29, 1.82) is 0 Å². The normalized spacial score (nSPS) is 12.2. The minimum atomic E-state index is 0.0583. The summed E-state index contributed by atoms with van der Waals surface area (Å²) in [5, 5.41) is 2.87. The summed E-state index contributed by atoms with van der Waals surface area (Å²) < 4.78 is 1.06. The molecule has 0 aliphatic rings. The van der Waals surface area contributed by atoms with Crippen molar-refractivity contribution in [3.63, 3.8) is 0 Å². The molecule has 0 radical (unpaired) electrons. The molecule has 1 aromatic rings. The van der Waals surface area contributed by atoms with E-state index in [1.165, 1.54) is 5.56 Å². The third kappa shape index (κ3) is 5.89. The van der Waals surface area contributed by atoms with Gasteiger partial charge in [0, 0.05) is 22.0 Å². The van der Waals surface area contributed by atoms with E-state index in [9.17, 15) is 4.79 Å². The lowest BCUT2D eigenvalue weighted by Gasteiger charge is -2.08. The lowest BCUT2D eigenvalue weighted by molar-refractivity contribution is -0.118. The predicted molar refractivity (Wildman–Crippen MR) is 80.9 cm³/mol. The highest BCUT2D eigenvalue weighted by Crippen LogP contribution is 2.24. The molecule has 1 aromatic carbocycles. The molecule has 1 rings (SSSR count). The smallest absolute Gasteiger partial charge is 0.230 e. The van der Waals surface area contributed by atoms with Gasteiger partial charge in [-0.1, -0.05) is 15.9 Å². The monoisotopic (exact) mass is 330 g/mol. The maximum Gasteiger partial charge on any atom is 0.230 e. The van der Waals surface area contributed by atoms with Crippen LogP contribution in [0.5, 0.6) is 0 Å². The van der Waals surface area contributed by atoms with E-state index in [0.29, 0.717) is 12.3 Å². The first-order valence-electron chi connectivity index (χ1n) is 5.90. The van der Waals surface area contributed by atoms with E-state index in [0.717, 1.165) is 15.8 Å². The number of thioether (sulfide) groups is 1. The average molecular weight is 331 g/mol. The number of amides is 1. The molecule has 1 amide bonds. The van der Waals surface area contributed by atoms with Crippen LogP contribution in [0.1, 0.15) is 18.9 Å². The Morgan fingerprint density at radius 3 is 2.89 bits per heavy atom. The Morgan fingerprint density at radius 2 is 2.28 bits per heavy atom. The molecule has 0 aliphatic carbocycles. The molecule has 1 atom stereocenters. The Bertz CT molecular complexity index is 410. The van der Waals surface area contributed by atoms with Gasteiger partial charge >= 0.3 is 0 Å². The van der Waals surface area contributed by atoms with E-state index in [1.807, 2.05) is 26.0 Å². The molecule has 0 heterocycles. The second-order valence-corrected chi connectivity index (χ2v) is 6.25. The summed E-state index contributed by atoms with van der Waals surface area (Å²) in [5.74, 6) is 0.504. The summed E-state index contributed by atoms with van der Waals surface area (Å²) in [5.41, 5.74) is 6.80. The number of halogens is 1. The summed E-state index contributed by atoms with van der Waals surface area (Å²) in [6.45, 7) is 4.63. The summed E-state index contributed by atoms with van der Waals surface area (Å²) in [7, 11) is 0. The number of nitrogens with one attached hydrogen (secondary N) is 1. The highest BCUT2D eigenvalue weighted by Gasteiger charge is 2.05. The van der Waals surface area contributed by atoms with Gasteiger partial charge in [-0.05, 0) is 44.0 Å². The number of nitrogens with two attached hydrogens (primary N) is 1. The molecule has 3 N–H and O–H groups in total. The highest BCUT2D eigenvalue weighted by atomic mass is 79.9. The van der Waals surface area contributed by atoms with Crippen LogP contribution in [0.25, 0.3) is 0 Å². The van der Waals surface area contributed by atoms with Crippen molar-refractivity contribution in [2.45, 2.75) is 31.2 Å². The van der Waals surface area contributed by atoms with Gasteiger partial charge < -0.3 is 11.1 Å². The molecule has 0 aromatic heterocycles. The van der Waals surface area contributed by atoms with E-state index >= 15 is 0 Å². The maximum atomic E-state index is 11.6. The van der Waals surface area contributed by atoms with Crippen molar-refractivity contribution in [2.24, 2.45) is 5.73 Å². The third-order valence-corrected chi connectivity index (χ3v) is 4.09. The van der Waals surface area contributed by atoms with Gasteiger partial charge in [0.25, 0.3) is 0 Å². The standard InChI is InChI=1S/C13H19BrN2OS/c1-9-7-11(14)3-4-12(9)18-8-13(17)16-6-5-10(2)15/h3-4,7,10H,5-6,8,15H2,1-2H3,(H,16,17). The van der Waals surface area contributed by atoms with E-state index in [1.54, 1.807) is 11.8 Å². The molecular weight excluding hydrogens is 312 g/mol. The van der Waals surface area contributed by atoms with Gasteiger partial charge in [0.1, 0.15) is 0 Å². The number of carbonyl (C=O) groups excluding carboxylic acids is 1. The largest absolute Gasteiger partial charge is 0.355 e. The third-order valence-electron chi connectivity index (χ3n) is 2.42. The Kier molecular flexibility index (Phi) is 6.75. The van der Waals surface area contributed by atoms with Crippen LogP contribution in [0.2, 0.25) is 0 Å². The van der Waals surface area contributed by atoms with Gasteiger partial charge in [-0.2, -0.15) is 0 Å². The number of carbonyl (C=O) groups is 1. The Morgan fingerprint density at radius 1 is 1.56 bits per heavy atom. The van der Waals surface area contributed by atoms with Crippen molar-refractivity contribution in [2.75, 3.05) is 12.3 Å². The first kappa shape index (κ1) is 15.5. The lowest BCUT2D eigenvalue weighted by atomic mass is 10.2. The summed E-state index contributed by atoms with van der Waals surface area (Å²) in [4.78, 5) is 12.7. The minimum Gasteiger partial charge on any atom is -0.355 e. The Balaban J connectivity index is 2.33. The fraction of sp³-hybridized carbons (Fsp3) is 0.462. The topological polar surface area (TPSA) is 55.1 Å². The zero-order valence-corrected chi connectivity index (χ0v) is 13.1. The zero-order chi connectivity index (χ0) is 13.5. The van der Waals surface area contributed by atoms with Crippen molar-refractivity contribution in [3.8, 4) is 0 Å². The number of rotatable bonds is 6. The fourth-order valence-corrected chi connectivity index (χ4v) is 2.72. The Hall–Kier alpha value is -0.520. The first-order chi connectivity index (χ1) is 8.49. The highest BCUT2D eigenvalue weighted by molar-refractivity contribution is 9.10. The molecule has 0 saturated heterocycles. The fourth-order valence-electron chi connectivity index (χ4n) is 1.41. The van der Waals surface area contributed by atoms with Crippen molar-refractivity contribution in [1.82, 2.24) is 5.32 Å².